The van der Waals surface area contributed by atoms with Crippen LogP contribution in [0.5, 0.6) is 0 Å². The monoisotopic (exact) mass is 504 g/mol. The van der Waals surface area contributed by atoms with Crippen molar-refractivity contribution in [1.29, 1.82) is 0 Å². The number of imidazole rings is 1. The molecule has 1 aliphatic rings. The lowest BCUT2D eigenvalue weighted by Gasteiger charge is -2.40. The smallest absolute Gasteiger partial charge is 0.192 e. The van der Waals surface area contributed by atoms with Crippen molar-refractivity contribution in [2.45, 2.75) is 103 Å². The summed E-state index contributed by atoms with van der Waals surface area (Å²) in [4.78, 5) is 9.20. The van der Waals surface area contributed by atoms with Crippen molar-refractivity contribution in [3.05, 3.63) is 18.9 Å². The lowest BCUT2D eigenvalue weighted by molar-refractivity contribution is -0.0383. The first-order valence-corrected chi connectivity index (χ1v) is 17.9. The third-order valence-electron chi connectivity index (χ3n) is 8.03. The van der Waals surface area contributed by atoms with Crippen LogP contribution in [0.1, 0.15) is 54.2 Å². The van der Waals surface area contributed by atoms with E-state index in [4.69, 9.17) is 13.6 Å². The van der Waals surface area contributed by atoms with Crippen molar-refractivity contribution in [2.24, 2.45) is 0 Å². The van der Waals surface area contributed by atoms with Crippen LogP contribution in [0.25, 0.3) is 16.7 Å². The molecule has 1 saturated heterocycles. The van der Waals surface area contributed by atoms with E-state index in [1.165, 1.54) is 0 Å². The topological polar surface area (TPSA) is 88.6 Å². The molecule has 3 aromatic heterocycles. The number of nitrogens with zero attached hydrogens (tertiary/aromatic N) is 6. The summed E-state index contributed by atoms with van der Waals surface area (Å²) in [6.07, 6.45) is 5.48. The summed E-state index contributed by atoms with van der Waals surface area (Å²) in [5, 5.41) is 8.25. The summed E-state index contributed by atoms with van der Waals surface area (Å²) in [5.74, 6) is 0. The molecule has 0 radical (unpaired) electrons. The third kappa shape index (κ3) is 4.60. The molecule has 0 spiro atoms. The highest BCUT2D eigenvalue weighted by Crippen LogP contribution is 2.42. The average molecular weight is 505 g/mol. The van der Waals surface area contributed by atoms with Crippen LogP contribution < -0.4 is 0 Å². The van der Waals surface area contributed by atoms with Gasteiger partial charge in [-0.1, -0.05) is 46.8 Å². The molecule has 11 heteroatoms. The third-order valence-corrected chi connectivity index (χ3v) is 17.0. The second-order valence-electron chi connectivity index (χ2n) is 12.5. The molecule has 4 heterocycles. The molecule has 4 rings (SSSR count). The molecule has 0 aliphatic carbocycles. The number of hydrogen-bond acceptors (Lipinski definition) is 7. The lowest BCUT2D eigenvalue weighted by Crippen LogP contribution is -2.48. The maximum Gasteiger partial charge on any atom is 0.192 e. The number of rotatable bonds is 6. The molecule has 0 amide bonds. The Hall–Kier alpha value is -1.67. The summed E-state index contributed by atoms with van der Waals surface area (Å²) in [6, 6.07) is 0. The Morgan fingerprint density at radius 3 is 2.32 bits per heavy atom. The van der Waals surface area contributed by atoms with Gasteiger partial charge in [-0.25, -0.2) is 9.97 Å². The highest BCUT2D eigenvalue weighted by molar-refractivity contribution is 6.74. The van der Waals surface area contributed by atoms with Crippen molar-refractivity contribution < 1.29 is 13.6 Å². The van der Waals surface area contributed by atoms with E-state index in [1.807, 2.05) is 4.57 Å². The van der Waals surface area contributed by atoms with Crippen molar-refractivity contribution in [2.75, 3.05) is 6.61 Å². The number of fused-ring (bicyclic) bond motifs is 3. The van der Waals surface area contributed by atoms with Crippen molar-refractivity contribution in [1.82, 2.24) is 29.4 Å². The molecule has 3 unspecified atom stereocenters. The van der Waals surface area contributed by atoms with Crippen molar-refractivity contribution in [3.63, 3.8) is 0 Å². The maximum atomic E-state index is 6.90. The fourth-order valence-corrected chi connectivity index (χ4v) is 6.06. The Balaban J connectivity index is 1.62. The van der Waals surface area contributed by atoms with Crippen LogP contribution in [0.15, 0.2) is 18.9 Å². The second kappa shape index (κ2) is 8.47. The molecule has 0 N–H and O–H groups in total. The first-order valence-electron chi connectivity index (χ1n) is 12.1. The quantitative estimate of drug-likeness (QED) is 0.428. The Labute approximate surface area is 204 Å². The maximum absolute atomic E-state index is 6.90. The number of hydrogen-bond donors (Lipinski definition) is 0. The van der Waals surface area contributed by atoms with Gasteiger partial charge in [0.25, 0.3) is 0 Å². The Morgan fingerprint density at radius 1 is 1.00 bits per heavy atom. The van der Waals surface area contributed by atoms with Crippen LogP contribution in [0.3, 0.4) is 0 Å². The highest BCUT2D eigenvalue weighted by atomic mass is 28.4. The average Bonchev–Trinajstić information content (AvgIpc) is 3.41. The van der Waals surface area contributed by atoms with Crippen LogP contribution in [-0.2, 0) is 13.6 Å². The number of ether oxygens (including phenoxy) is 1. The normalized spacial score (nSPS) is 22.8. The predicted octanol–water partition coefficient (Wildman–Crippen LogP) is 5.17. The molecule has 0 saturated carbocycles. The van der Waals surface area contributed by atoms with Crippen LogP contribution >= 0.6 is 0 Å². The fraction of sp³-hybridized carbons (Fsp3) is 0.739. The van der Waals surface area contributed by atoms with Gasteiger partial charge in [0.2, 0.25) is 0 Å². The molecule has 34 heavy (non-hydrogen) atoms. The standard InChI is InChI=1S/C23H40N6O3Si2/c1-22(2,3)33(7,8)30-13-18-17(32-34(9,10)23(4,5)6)11-19(31-18)28-14-24-20-16-12-26-27-29(16)15-25-21(20)28/h12,14-15,17-19H,11,13H2,1-10H3. The summed E-state index contributed by atoms with van der Waals surface area (Å²) in [5.41, 5.74) is 2.35. The summed E-state index contributed by atoms with van der Waals surface area (Å²) >= 11 is 0. The first-order chi connectivity index (χ1) is 15.6. The van der Waals surface area contributed by atoms with Gasteiger partial charge in [0.05, 0.1) is 25.2 Å². The van der Waals surface area contributed by atoms with E-state index in [-0.39, 0.29) is 28.5 Å². The molecular weight excluding hydrogens is 464 g/mol. The van der Waals surface area contributed by atoms with Crippen LogP contribution in [0.2, 0.25) is 36.3 Å². The summed E-state index contributed by atoms with van der Waals surface area (Å²) < 4.78 is 23.8. The van der Waals surface area contributed by atoms with Gasteiger partial charge >= 0.3 is 0 Å². The fourth-order valence-electron chi connectivity index (χ4n) is 3.69. The van der Waals surface area contributed by atoms with Crippen LogP contribution in [-0.4, -0.2) is 64.8 Å². The van der Waals surface area contributed by atoms with E-state index in [2.05, 4.69) is 88.0 Å². The van der Waals surface area contributed by atoms with Gasteiger partial charge in [-0.05, 0) is 36.3 Å². The van der Waals surface area contributed by atoms with E-state index in [0.717, 1.165) is 23.1 Å². The highest BCUT2D eigenvalue weighted by Gasteiger charge is 2.46. The van der Waals surface area contributed by atoms with Gasteiger partial charge in [-0.15, -0.1) is 5.10 Å². The van der Waals surface area contributed by atoms with Crippen molar-refractivity contribution in [3.8, 4) is 0 Å². The summed E-state index contributed by atoms with van der Waals surface area (Å²) in [6.45, 7) is 23.3. The largest absolute Gasteiger partial charge is 0.414 e. The van der Waals surface area contributed by atoms with E-state index in [1.54, 1.807) is 23.4 Å². The number of aromatic nitrogens is 6. The molecule has 0 bridgehead atoms. The molecular formula is C23H40N6O3Si2. The minimum Gasteiger partial charge on any atom is -0.414 e. The lowest BCUT2D eigenvalue weighted by atomic mass is 10.2. The zero-order valence-corrected chi connectivity index (χ0v) is 24.3. The Morgan fingerprint density at radius 2 is 1.68 bits per heavy atom. The predicted molar refractivity (Wildman–Crippen MR) is 138 cm³/mol. The molecule has 3 atom stereocenters. The minimum absolute atomic E-state index is 0.0477. The zero-order chi connectivity index (χ0) is 25.1. The first kappa shape index (κ1) is 25.4. The summed E-state index contributed by atoms with van der Waals surface area (Å²) in [7, 11) is -3.93. The van der Waals surface area contributed by atoms with Gasteiger partial charge in [-0.2, -0.15) is 4.52 Å². The van der Waals surface area contributed by atoms with Gasteiger partial charge in [-0.3, -0.25) is 4.57 Å². The van der Waals surface area contributed by atoms with Gasteiger partial charge in [0, 0.05) is 6.42 Å². The van der Waals surface area contributed by atoms with Gasteiger partial charge in [0.1, 0.15) is 29.7 Å². The Bertz CT molecular complexity index is 1160. The van der Waals surface area contributed by atoms with E-state index >= 15 is 0 Å². The van der Waals surface area contributed by atoms with Gasteiger partial charge < -0.3 is 13.6 Å². The molecule has 0 aromatic carbocycles. The van der Waals surface area contributed by atoms with Crippen LogP contribution in [0, 0.1) is 0 Å². The molecule has 188 valence electrons. The SMILES string of the molecule is CC(C)(C)[Si](C)(C)OCC1OC(n2cnc3c2ncn2nncc32)CC1O[Si](C)(C)C(C)(C)C. The molecule has 1 aliphatic heterocycles. The molecule has 3 aromatic rings. The van der Waals surface area contributed by atoms with E-state index in [9.17, 15) is 0 Å². The second-order valence-corrected chi connectivity index (χ2v) is 22.1. The van der Waals surface area contributed by atoms with E-state index < -0.39 is 16.6 Å². The van der Waals surface area contributed by atoms with Crippen LogP contribution in [0.4, 0.5) is 0 Å². The Kier molecular flexibility index (Phi) is 6.34. The molecule has 9 nitrogen and oxygen atoms in total. The molecule has 1 fully saturated rings. The zero-order valence-electron chi connectivity index (χ0n) is 22.3. The van der Waals surface area contributed by atoms with Crippen molar-refractivity contribution >= 4 is 33.3 Å². The van der Waals surface area contributed by atoms with E-state index in [0.29, 0.717) is 6.61 Å². The minimum atomic E-state index is -2.00. The van der Waals surface area contributed by atoms with Gasteiger partial charge in [0.15, 0.2) is 22.3 Å².